The van der Waals surface area contributed by atoms with E-state index < -0.39 is 0 Å². The molecule has 1 N–H and O–H groups in total. The molecule has 4 heteroatoms. The molecule has 0 amide bonds. The van der Waals surface area contributed by atoms with E-state index in [4.69, 9.17) is 4.74 Å². The van der Waals surface area contributed by atoms with Gasteiger partial charge in [-0.05, 0) is 55.3 Å². The zero-order valence-electron chi connectivity index (χ0n) is 10.3. The molecule has 0 aromatic carbocycles. The van der Waals surface area contributed by atoms with Gasteiger partial charge in [0.2, 0.25) is 0 Å². The fraction of sp³-hybridized carbons (Fsp3) is 0.583. The summed E-state index contributed by atoms with van der Waals surface area (Å²) in [5, 5.41) is 3.30. The zero-order valence-corrected chi connectivity index (χ0v) is 11.9. The Morgan fingerprint density at radius 3 is 2.81 bits per heavy atom. The molecule has 0 saturated carbocycles. The fourth-order valence-corrected chi connectivity index (χ4v) is 1.78. The summed E-state index contributed by atoms with van der Waals surface area (Å²) in [6, 6.07) is 1.98. The van der Waals surface area contributed by atoms with Crippen molar-refractivity contribution in [3.8, 4) is 0 Å². The zero-order chi connectivity index (χ0) is 12.2. The lowest BCUT2D eigenvalue weighted by Gasteiger charge is -2.25. The van der Waals surface area contributed by atoms with Gasteiger partial charge in [-0.1, -0.05) is 0 Å². The maximum Gasteiger partial charge on any atom is 0.140 e. The Balaban J connectivity index is 2.64. The molecule has 0 unspecified atom stereocenters. The highest BCUT2D eigenvalue weighted by Crippen LogP contribution is 2.24. The third-order valence-corrected chi connectivity index (χ3v) is 3.30. The van der Waals surface area contributed by atoms with Gasteiger partial charge in [-0.25, -0.2) is 4.98 Å². The second-order valence-electron chi connectivity index (χ2n) is 4.34. The van der Waals surface area contributed by atoms with Gasteiger partial charge >= 0.3 is 0 Å². The van der Waals surface area contributed by atoms with Gasteiger partial charge in [-0.3, -0.25) is 0 Å². The largest absolute Gasteiger partial charge is 0.374 e. The van der Waals surface area contributed by atoms with Crippen LogP contribution >= 0.6 is 15.9 Å². The SMILES string of the molecule is CCOC(C)(C)CNc1nccc(C)c1Br. The van der Waals surface area contributed by atoms with Crippen molar-refractivity contribution >= 4 is 21.7 Å². The van der Waals surface area contributed by atoms with E-state index >= 15 is 0 Å². The van der Waals surface area contributed by atoms with Gasteiger partial charge in [0.25, 0.3) is 0 Å². The number of aryl methyl sites for hydroxylation is 1. The van der Waals surface area contributed by atoms with Crippen molar-refractivity contribution in [1.82, 2.24) is 4.98 Å². The minimum Gasteiger partial charge on any atom is -0.374 e. The Bertz CT molecular complexity index is 353. The summed E-state index contributed by atoms with van der Waals surface area (Å²) in [6.07, 6.45) is 1.80. The van der Waals surface area contributed by atoms with Gasteiger partial charge in [0.1, 0.15) is 5.82 Å². The summed E-state index contributed by atoms with van der Waals surface area (Å²) in [5.74, 6) is 0.868. The van der Waals surface area contributed by atoms with Gasteiger partial charge in [0, 0.05) is 19.3 Å². The van der Waals surface area contributed by atoms with Crippen LogP contribution in [-0.4, -0.2) is 23.7 Å². The van der Waals surface area contributed by atoms with Crippen LogP contribution in [-0.2, 0) is 4.74 Å². The predicted molar refractivity (Wildman–Crippen MR) is 70.9 cm³/mol. The normalized spacial score (nSPS) is 11.6. The Morgan fingerprint density at radius 2 is 2.19 bits per heavy atom. The van der Waals surface area contributed by atoms with E-state index in [1.807, 2.05) is 19.9 Å². The van der Waals surface area contributed by atoms with Crippen LogP contribution in [0, 0.1) is 6.92 Å². The number of hydrogen-bond acceptors (Lipinski definition) is 3. The molecule has 16 heavy (non-hydrogen) atoms. The van der Waals surface area contributed by atoms with Crippen LogP contribution in [0.2, 0.25) is 0 Å². The monoisotopic (exact) mass is 286 g/mol. The van der Waals surface area contributed by atoms with Crippen LogP contribution in [0.1, 0.15) is 26.3 Å². The molecule has 0 aliphatic carbocycles. The first-order chi connectivity index (χ1) is 7.46. The molecule has 0 atom stereocenters. The topological polar surface area (TPSA) is 34.1 Å². The standard InChI is InChI=1S/C12H19BrN2O/c1-5-16-12(3,4)8-15-11-10(13)9(2)6-7-14-11/h6-7H,5,8H2,1-4H3,(H,14,15). The molecule has 0 spiro atoms. The number of anilines is 1. The van der Waals surface area contributed by atoms with E-state index in [0.717, 1.165) is 23.4 Å². The molecular weight excluding hydrogens is 268 g/mol. The molecule has 3 nitrogen and oxygen atoms in total. The Morgan fingerprint density at radius 1 is 1.50 bits per heavy atom. The van der Waals surface area contributed by atoms with Gasteiger partial charge in [0.05, 0.1) is 10.1 Å². The predicted octanol–water partition coefficient (Wildman–Crippen LogP) is 3.38. The summed E-state index contributed by atoms with van der Waals surface area (Å²) >= 11 is 3.52. The first-order valence-electron chi connectivity index (χ1n) is 5.45. The first kappa shape index (κ1) is 13.5. The van der Waals surface area contributed by atoms with E-state index in [0.29, 0.717) is 0 Å². The van der Waals surface area contributed by atoms with Crippen LogP contribution in [0.4, 0.5) is 5.82 Å². The summed E-state index contributed by atoms with van der Waals surface area (Å²) < 4.78 is 6.63. The van der Waals surface area contributed by atoms with E-state index in [2.05, 4.69) is 40.1 Å². The molecule has 90 valence electrons. The number of aromatic nitrogens is 1. The third-order valence-electron chi connectivity index (χ3n) is 2.30. The van der Waals surface area contributed by atoms with E-state index in [9.17, 15) is 0 Å². The number of rotatable bonds is 5. The highest BCUT2D eigenvalue weighted by molar-refractivity contribution is 9.10. The molecule has 0 aliphatic rings. The first-order valence-corrected chi connectivity index (χ1v) is 6.24. The number of ether oxygens (including phenoxy) is 1. The molecule has 1 heterocycles. The summed E-state index contributed by atoms with van der Waals surface area (Å²) in [7, 11) is 0. The lowest BCUT2D eigenvalue weighted by molar-refractivity contribution is 0.000632. The van der Waals surface area contributed by atoms with E-state index in [1.165, 1.54) is 5.56 Å². The third kappa shape index (κ3) is 3.76. The van der Waals surface area contributed by atoms with Crippen LogP contribution in [0.5, 0.6) is 0 Å². The Kier molecular flexibility index (Phi) is 4.74. The lowest BCUT2D eigenvalue weighted by atomic mass is 10.1. The average Bonchev–Trinajstić information content (AvgIpc) is 2.20. The highest BCUT2D eigenvalue weighted by atomic mass is 79.9. The molecule has 0 saturated heterocycles. The molecule has 1 rings (SSSR count). The van der Waals surface area contributed by atoms with E-state index in [-0.39, 0.29) is 5.60 Å². The maximum atomic E-state index is 5.62. The van der Waals surface area contributed by atoms with Crippen molar-refractivity contribution in [3.05, 3.63) is 22.3 Å². The number of nitrogens with zero attached hydrogens (tertiary/aromatic N) is 1. The van der Waals surface area contributed by atoms with Crippen molar-refractivity contribution in [2.24, 2.45) is 0 Å². The molecule has 1 aromatic rings. The Labute approximate surface area is 106 Å². The molecule has 0 aliphatic heterocycles. The van der Waals surface area contributed by atoms with Gasteiger partial charge in [0.15, 0.2) is 0 Å². The summed E-state index contributed by atoms with van der Waals surface area (Å²) in [6.45, 7) is 9.63. The van der Waals surface area contributed by atoms with Crippen LogP contribution < -0.4 is 5.32 Å². The van der Waals surface area contributed by atoms with E-state index in [1.54, 1.807) is 6.20 Å². The smallest absolute Gasteiger partial charge is 0.140 e. The molecule has 0 bridgehead atoms. The average molecular weight is 287 g/mol. The minimum atomic E-state index is -0.181. The second kappa shape index (κ2) is 5.64. The summed E-state index contributed by atoms with van der Waals surface area (Å²) in [4.78, 5) is 4.29. The molecule has 0 radical (unpaired) electrons. The van der Waals surface area contributed by atoms with Gasteiger partial charge in [-0.15, -0.1) is 0 Å². The Hall–Kier alpha value is -0.610. The van der Waals surface area contributed by atoms with Crippen molar-refractivity contribution < 1.29 is 4.74 Å². The molecule has 1 aromatic heterocycles. The van der Waals surface area contributed by atoms with Crippen molar-refractivity contribution in [1.29, 1.82) is 0 Å². The van der Waals surface area contributed by atoms with Gasteiger partial charge in [-0.2, -0.15) is 0 Å². The van der Waals surface area contributed by atoms with Gasteiger partial charge < -0.3 is 10.1 Å². The molecular formula is C12H19BrN2O. The number of pyridine rings is 1. The van der Waals surface area contributed by atoms with Crippen molar-refractivity contribution in [2.45, 2.75) is 33.3 Å². The number of halogens is 1. The molecule has 0 fully saturated rings. The lowest BCUT2D eigenvalue weighted by Crippen LogP contribution is -2.33. The number of hydrogen-bond donors (Lipinski definition) is 1. The van der Waals surface area contributed by atoms with Crippen molar-refractivity contribution in [2.75, 3.05) is 18.5 Å². The minimum absolute atomic E-state index is 0.181. The van der Waals surface area contributed by atoms with Crippen LogP contribution in [0.3, 0.4) is 0 Å². The maximum absolute atomic E-state index is 5.62. The quantitative estimate of drug-likeness (QED) is 0.901. The fourth-order valence-electron chi connectivity index (χ4n) is 1.40. The number of nitrogens with one attached hydrogen (secondary N) is 1. The van der Waals surface area contributed by atoms with Crippen LogP contribution in [0.15, 0.2) is 16.7 Å². The second-order valence-corrected chi connectivity index (χ2v) is 5.13. The summed E-state index contributed by atoms with van der Waals surface area (Å²) in [5.41, 5.74) is 0.992. The van der Waals surface area contributed by atoms with Crippen molar-refractivity contribution in [3.63, 3.8) is 0 Å². The highest BCUT2D eigenvalue weighted by Gasteiger charge is 2.18. The van der Waals surface area contributed by atoms with Crippen LogP contribution in [0.25, 0.3) is 0 Å².